The van der Waals surface area contributed by atoms with Crippen molar-refractivity contribution in [3.8, 4) is 0 Å². The second-order valence-corrected chi connectivity index (χ2v) is 7.17. The smallest absolute Gasteiger partial charge is 0.253 e. The van der Waals surface area contributed by atoms with Crippen molar-refractivity contribution in [2.75, 3.05) is 18.5 Å². The zero-order valence-corrected chi connectivity index (χ0v) is 13.0. The van der Waals surface area contributed by atoms with Gasteiger partial charge in [0.1, 0.15) is 5.15 Å². The lowest BCUT2D eigenvalue weighted by Crippen LogP contribution is -2.51. The van der Waals surface area contributed by atoms with Crippen molar-refractivity contribution in [1.29, 1.82) is 0 Å². The van der Waals surface area contributed by atoms with Crippen LogP contribution in [0.2, 0.25) is 5.15 Å². The first kappa shape index (κ1) is 16.7. The fraction of sp³-hybridized carbons (Fsp3) is 0.455. The molecule has 20 heavy (non-hydrogen) atoms. The number of nitrogens with one attached hydrogen (secondary N) is 2. The number of halogens is 1. The van der Waals surface area contributed by atoms with Crippen LogP contribution in [0.25, 0.3) is 0 Å². The van der Waals surface area contributed by atoms with E-state index in [1.165, 1.54) is 12.3 Å². The van der Waals surface area contributed by atoms with E-state index in [1.54, 1.807) is 13.8 Å². The quantitative estimate of drug-likeness (QED) is 0.678. The normalized spacial score (nSPS) is 12.2. The molecule has 0 aliphatic rings. The molecule has 1 rings (SSSR count). The lowest BCUT2D eigenvalue weighted by molar-refractivity contribution is 0.0945. The molecule has 1 heterocycles. The maximum Gasteiger partial charge on any atom is 0.253 e. The van der Waals surface area contributed by atoms with Gasteiger partial charge in [-0.15, -0.1) is 0 Å². The second-order valence-electron chi connectivity index (χ2n) is 5.04. The summed E-state index contributed by atoms with van der Waals surface area (Å²) < 4.78 is 24.8. The number of nitrogens with zero attached hydrogens (tertiary/aromatic N) is 1. The summed E-state index contributed by atoms with van der Waals surface area (Å²) in [4.78, 5) is 15.7. The van der Waals surface area contributed by atoms with Crippen LogP contribution in [0.1, 0.15) is 24.2 Å². The third kappa shape index (κ3) is 5.32. The molecule has 0 radical (unpaired) electrons. The molecule has 0 unspecified atom stereocenters. The Morgan fingerprint density at radius 1 is 1.50 bits per heavy atom. The van der Waals surface area contributed by atoms with Gasteiger partial charge in [0.25, 0.3) is 5.91 Å². The monoisotopic (exact) mass is 320 g/mol. The Balaban J connectivity index is 2.75. The second kappa shape index (κ2) is 5.94. The summed E-state index contributed by atoms with van der Waals surface area (Å²) in [6, 6.07) is 1.35. The van der Waals surface area contributed by atoms with Gasteiger partial charge in [0.15, 0.2) is 0 Å². The van der Waals surface area contributed by atoms with Gasteiger partial charge in [0, 0.05) is 12.1 Å². The molecule has 0 bridgehead atoms. The Bertz CT molecular complexity index is 616. The van der Waals surface area contributed by atoms with Crippen LogP contribution in [0.4, 0.5) is 5.69 Å². The molecular weight excluding hydrogens is 304 g/mol. The van der Waals surface area contributed by atoms with Crippen LogP contribution in [0.3, 0.4) is 0 Å². The number of sulfonamides is 1. The van der Waals surface area contributed by atoms with Gasteiger partial charge < -0.3 is 11.1 Å². The Morgan fingerprint density at radius 2 is 2.10 bits per heavy atom. The molecule has 1 aromatic heterocycles. The van der Waals surface area contributed by atoms with Crippen LogP contribution in [0.5, 0.6) is 0 Å². The number of nitrogen functional groups attached to an aromatic ring is 1. The van der Waals surface area contributed by atoms with Crippen LogP contribution >= 0.6 is 11.6 Å². The summed E-state index contributed by atoms with van der Waals surface area (Å²) in [6.45, 7) is 3.40. The van der Waals surface area contributed by atoms with E-state index in [-0.39, 0.29) is 22.9 Å². The Labute approximate surface area is 123 Å². The van der Waals surface area contributed by atoms with Gasteiger partial charge in [-0.25, -0.2) is 18.1 Å². The minimum Gasteiger partial charge on any atom is -0.397 e. The molecule has 0 spiro atoms. The number of carbonyl (C=O) groups excluding carboxylic acids is 1. The van der Waals surface area contributed by atoms with Crippen molar-refractivity contribution >= 4 is 33.2 Å². The molecule has 112 valence electrons. The number of pyridine rings is 1. The first-order valence-electron chi connectivity index (χ1n) is 5.68. The summed E-state index contributed by atoms with van der Waals surface area (Å²) in [5.74, 6) is -0.449. The van der Waals surface area contributed by atoms with Gasteiger partial charge in [0.05, 0.1) is 23.7 Å². The van der Waals surface area contributed by atoms with Gasteiger partial charge in [-0.3, -0.25) is 4.79 Å². The molecule has 4 N–H and O–H groups in total. The maximum absolute atomic E-state index is 12.0. The third-order valence-electron chi connectivity index (χ3n) is 2.30. The Kier molecular flexibility index (Phi) is 4.95. The Hall–Kier alpha value is -1.38. The van der Waals surface area contributed by atoms with Crippen LogP contribution in [-0.4, -0.2) is 37.6 Å². The van der Waals surface area contributed by atoms with Gasteiger partial charge in [-0.2, -0.15) is 0 Å². The van der Waals surface area contributed by atoms with Gasteiger partial charge in [-0.1, -0.05) is 11.6 Å². The number of rotatable bonds is 5. The predicted octanol–water partition coefficient (Wildman–Crippen LogP) is 0.375. The predicted molar refractivity (Wildman–Crippen MR) is 78.1 cm³/mol. The van der Waals surface area contributed by atoms with Crippen molar-refractivity contribution in [2.45, 2.75) is 19.4 Å². The fourth-order valence-electron chi connectivity index (χ4n) is 1.57. The number of hydrogen-bond acceptors (Lipinski definition) is 5. The molecule has 7 nitrogen and oxygen atoms in total. The van der Waals surface area contributed by atoms with E-state index >= 15 is 0 Å². The number of amides is 1. The zero-order chi connectivity index (χ0) is 15.6. The van der Waals surface area contributed by atoms with Gasteiger partial charge in [-0.05, 0) is 19.9 Å². The highest BCUT2D eigenvalue weighted by Crippen LogP contribution is 2.15. The molecule has 0 aromatic carbocycles. The molecule has 0 aliphatic carbocycles. The lowest BCUT2D eigenvalue weighted by Gasteiger charge is -2.25. The van der Waals surface area contributed by atoms with Crippen molar-refractivity contribution < 1.29 is 13.2 Å². The largest absolute Gasteiger partial charge is 0.397 e. The molecular formula is C11H17ClN4O3S. The average molecular weight is 321 g/mol. The maximum atomic E-state index is 12.0. The van der Waals surface area contributed by atoms with Gasteiger partial charge in [0.2, 0.25) is 10.0 Å². The highest BCUT2D eigenvalue weighted by Gasteiger charge is 2.23. The third-order valence-corrected chi connectivity index (χ3v) is 3.43. The summed E-state index contributed by atoms with van der Waals surface area (Å²) >= 11 is 5.70. The molecule has 0 fully saturated rings. The standard InChI is InChI=1S/C11H17ClN4O3S/c1-11(2,16-20(3,18)19)6-15-10(17)7-4-9(12)14-5-8(7)13/h4-5,16H,6,13H2,1-3H3,(H,15,17). The topological polar surface area (TPSA) is 114 Å². The minimum atomic E-state index is -3.37. The van der Waals surface area contributed by atoms with Crippen LogP contribution in [0.15, 0.2) is 12.3 Å². The minimum absolute atomic E-state index is 0.0955. The highest BCUT2D eigenvalue weighted by atomic mass is 35.5. The number of aromatic nitrogens is 1. The van der Waals surface area contributed by atoms with E-state index in [0.29, 0.717) is 0 Å². The highest BCUT2D eigenvalue weighted by molar-refractivity contribution is 7.88. The summed E-state index contributed by atoms with van der Waals surface area (Å²) in [7, 11) is -3.37. The van der Waals surface area contributed by atoms with Crippen molar-refractivity contribution in [2.24, 2.45) is 0 Å². The van der Waals surface area contributed by atoms with Crippen molar-refractivity contribution in [3.05, 3.63) is 23.0 Å². The molecule has 0 atom stereocenters. The van der Waals surface area contributed by atoms with Gasteiger partial charge >= 0.3 is 0 Å². The van der Waals surface area contributed by atoms with E-state index < -0.39 is 21.5 Å². The molecule has 1 aromatic rings. The molecule has 1 amide bonds. The number of hydrogen-bond donors (Lipinski definition) is 3. The number of anilines is 1. The zero-order valence-electron chi connectivity index (χ0n) is 11.4. The molecule has 0 saturated carbocycles. The van der Waals surface area contributed by atoms with E-state index in [4.69, 9.17) is 17.3 Å². The molecule has 0 saturated heterocycles. The van der Waals surface area contributed by atoms with Crippen LogP contribution in [0, 0.1) is 0 Å². The van der Waals surface area contributed by atoms with Crippen molar-refractivity contribution in [1.82, 2.24) is 15.0 Å². The molecule has 9 heteroatoms. The van der Waals surface area contributed by atoms with E-state index in [1.807, 2.05) is 0 Å². The van der Waals surface area contributed by atoms with Crippen LogP contribution < -0.4 is 15.8 Å². The number of nitrogens with two attached hydrogens (primary N) is 1. The first-order valence-corrected chi connectivity index (χ1v) is 7.95. The first-order chi connectivity index (χ1) is 9.00. The molecule has 0 aliphatic heterocycles. The Morgan fingerprint density at radius 3 is 2.65 bits per heavy atom. The van der Waals surface area contributed by atoms with Crippen molar-refractivity contribution in [3.63, 3.8) is 0 Å². The van der Waals surface area contributed by atoms with E-state index in [2.05, 4.69) is 15.0 Å². The fourth-order valence-corrected chi connectivity index (χ4v) is 2.81. The summed E-state index contributed by atoms with van der Waals surface area (Å²) in [6.07, 6.45) is 2.34. The summed E-state index contributed by atoms with van der Waals surface area (Å²) in [5, 5.41) is 2.75. The SMILES string of the molecule is CC(C)(CNC(=O)c1cc(Cl)ncc1N)NS(C)(=O)=O. The average Bonchev–Trinajstić information content (AvgIpc) is 2.26. The summed E-state index contributed by atoms with van der Waals surface area (Å²) in [5.41, 5.74) is 5.20. The van der Waals surface area contributed by atoms with E-state index in [9.17, 15) is 13.2 Å². The van der Waals surface area contributed by atoms with Crippen LogP contribution in [-0.2, 0) is 10.0 Å². The van der Waals surface area contributed by atoms with E-state index in [0.717, 1.165) is 6.26 Å². The lowest BCUT2D eigenvalue weighted by atomic mass is 10.1. The number of carbonyl (C=O) groups is 1.